The number of thioether (sulfide) groups is 1. The quantitative estimate of drug-likeness (QED) is 0.611. The van der Waals surface area contributed by atoms with Crippen LogP contribution in [0.4, 0.5) is 0 Å². The van der Waals surface area contributed by atoms with E-state index in [-0.39, 0.29) is 29.9 Å². The third-order valence-corrected chi connectivity index (χ3v) is 7.65. The van der Waals surface area contributed by atoms with Gasteiger partial charge in [0.1, 0.15) is 4.75 Å². The first-order valence-electron chi connectivity index (χ1n) is 7.71. The van der Waals surface area contributed by atoms with Gasteiger partial charge in [0.05, 0.1) is 6.04 Å². The van der Waals surface area contributed by atoms with E-state index in [2.05, 4.69) is 11.9 Å². The minimum absolute atomic E-state index is 0.0804. The molecule has 0 saturated heterocycles. The molecule has 2 fully saturated rings. The van der Waals surface area contributed by atoms with Gasteiger partial charge in [0.15, 0.2) is 5.17 Å². The Morgan fingerprint density at radius 2 is 2.19 bits per heavy atom. The third-order valence-electron chi connectivity index (χ3n) is 6.10. The zero-order chi connectivity index (χ0) is 15.6. The first kappa shape index (κ1) is 15.3. The van der Waals surface area contributed by atoms with E-state index in [4.69, 9.17) is 5.84 Å². The van der Waals surface area contributed by atoms with Crippen molar-refractivity contribution in [1.82, 2.24) is 5.01 Å². The van der Waals surface area contributed by atoms with Crippen LogP contribution in [0, 0.1) is 23.2 Å². The van der Waals surface area contributed by atoms with Crippen LogP contribution >= 0.6 is 11.8 Å². The number of nitrogens with two attached hydrogens (primary N) is 1. The van der Waals surface area contributed by atoms with Crippen molar-refractivity contribution < 1.29 is 9.90 Å². The fourth-order valence-corrected chi connectivity index (χ4v) is 4.96. The second-order valence-electron chi connectivity index (χ2n) is 7.47. The molecule has 5 nitrogen and oxygen atoms in total. The van der Waals surface area contributed by atoms with E-state index in [0.29, 0.717) is 17.0 Å². The van der Waals surface area contributed by atoms with Gasteiger partial charge in [-0.2, -0.15) is 4.99 Å². The van der Waals surface area contributed by atoms with E-state index >= 15 is 0 Å². The SMILES string of the molecule is CC(C)C1(C)SC(N(N)C2CC(CO)C3(C)C[C@@H]23)=NC1=O. The fraction of sp³-hybridized carbons (Fsp3) is 0.867. The summed E-state index contributed by atoms with van der Waals surface area (Å²) in [7, 11) is 0. The average molecular weight is 311 g/mol. The van der Waals surface area contributed by atoms with Crippen molar-refractivity contribution in [2.45, 2.75) is 51.3 Å². The lowest BCUT2D eigenvalue weighted by molar-refractivity contribution is -0.120. The smallest absolute Gasteiger partial charge is 0.264 e. The molecule has 6 heteroatoms. The number of amidine groups is 1. The number of aliphatic imine (C=N–C) groups is 1. The lowest BCUT2D eigenvalue weighted by Crippen LogP contribution is -2.45. The van der Waals surface area contributed by atoms with Crippen LogP contribution in [0.5, 0.6) is 0 Å². The minimum Gasteiger partial charge on any atom is -0.396 e. The number of aliphatic hydroxyl groups excluding tert-OH is 1. The van der Waals surface area contributed by atoms with E-state index < -0.39 is 4.75 Å². The normalized spacial score (nSPS) is 45.0. The summed E-state index contributed by atoms with van der Waals surface area (Å²) in [5.74, 6) is 7.28. The van der Waals surface area contributed by atoms with Gasteiger partial charge in [0.25, 0.3) is 5.91 Å². The summed E-state index contributed by atoms with van der Waals surface area (Å²) < 4.78 is -0.505. The number of aliphatic hydroxyl groups is 1. The Kier molecular flexibility index (Phi) is 3.43. The third kappa shape index (κ3) is 2.06. The summed E-state index contributed by atoms with van der Waals surface area (Å²) in [4.78, 5) is 16.4. The number of rotatable bonds is 3. The predicted molar refractivity (Wildman–Crippen MR) is 84.5 cm³/mol. The van der Waals surface area contributed by atoms with Gasteiger partial charge in [-0.3, -0.25) is 9.80 Å². The maximum absolute atomic E-state index is 12.2. The van der Waals surface area contributed by atoms with Gasteiger partial charge in [0.2, 0.25) is 0 Å². The molecule has 118 valence electrons. The molecule has 0 aromatic rings. The highest BCUT2D eigenvalue weighted by molar-refractivity contribution is 8.16. The summed E-state index contributed by atoms with van der Waals surface area (Å²) in [6.07, 6.45) is 2.00. The van der Waals surface area contributed by atoms with Gasteiger partial charge in [0, 0.05) is 6.61 Å². The number of fused-ring (bicyclic) bond motifs is 1. The molecule has 0 spiro atoms. The molecule has 1 heterocycles. The van der Waals surface area contributed by atoms with Crippen LogP contribution in [0.1, 0.15) is 40.5 Å². The zero-order valence-electron chi connectivity index (χ0n) is 13.2. The summed E-state index contributed by atoms with van der Waals surface area (Å²) in [6.45, 7) is 8.49. The van der Waals surface area contributed by atoms with Crippen molar-refractivity contribution in [2.75, 3.05) is 6.61 Å². The first-order valence-corrected chi connectivity index (χ1v) is 8.52. The van der Waals surface area contributed by atoms with Crippen molar-refractivity contribution >= 4 is 22.8 Å². The lowest BCUT2D eigenvalue weighted by Gasteiger charge is -2.30. The molecule has 0 bridgehead atoms. The van der Waals surface area contributed by atoms with E-state index in [1.165, 1.54) is 11.8 Å². The van der Waals surface area contributed by atoms with Gasteiger partial charge in [-0.05, 0) is 42.9 Å². The van der Waals surface area contributed by atoms with Gasteiger partial charge in [-0.25, -0.2) is 5.84 Å². The topological polar surface area (TPSA) is 78.9 Å². The monoisotopic (exact) mass is 311 g/mol. The number of carbonyl (C=O) groups is 1. The van der Waals surface area contributed by atoms with Crippen molar-refractivity contribution in [3.63, 3.8) is 0 Å². The maximum Gasteiger partial charge on any atom is 0.264 e. The van der Waals surface area contributed by atoms with E-state index in [1.54, 1.807) is 5.01 Å². The van der Waals surface area contributed by atoms with Crippen LogP contribution in [-0.2, 0) is 4.79 Å². The van der Waals surface area contributed by atoms with Gasteiger partial charge in [-0.15, -0.1) is 0 Å². The average Bonchev–Trinajstić information content (AvgIpc) is 2.88. The summed E-state index contributed by atoms with van der Waals surface area (Å²) in [6, 6.07) is 0.195. The maximum atomic E-state index is 12.2. The minimum atomic E-state index is -0.505. The highest BCUT2D eigenvalue weighted by Gasteiger charge is 2.65. The summed E-state index contributed by atoms with van der Waals surface area (Å²) >= 11 is 1.49. The molecule has 1 aliphatic heterocycles. The Bertz CT molecular complexity index is 509. The Labute approximate surface area is 130 Å². The van der Waals surface area contributed by atoms with E-state index in [9.17, 15) is 9.90 Å². The van der Waals surface area contributed by atoms with Crippen molar-refractivity contribution in [2.24, 2.45) is 34.0 Å². The standard InChI is InChI=1S/C15H25N3O2S/c1-8(2)15(4)12(20)17-13(21-15)18(16)11-5-9(7-19)14(3)6-10(11)14/h8-11,19H,5-7,16H2,1-4H3/t9?,10-,11?,14?,15?/m0/s1. The second kappa shape index (κ2) is 4.70. The largest absolute Gasteiger partial charge is 0.396 e. The molecule has 2 aliphatic carbocycles. The van der Waals surface area contributed by atoms with Crippen molar-refractivity contribution in [1.29, 1.82) is 0 Å². The number of carbonyl (C=O) groups excluding carboxylic acids is 1. The van der Waals surface area contributed by atoms with Crippen LogP contribution < -0.4 is 5.84 Å². The Morgan fingerprint density at radius 1 is 1.52 bits per heavy atom. The van der Waals surface area contributed by atoms with E-state index in [1.807, 2.05) is 20.8 Å². The molecule has 3 N–H and O–H groups in total. The molecule has 21 heavy (non-hydrogen) atoms. The lowest BCUT2D eigenvalue weighted by atomic mass is 9.93. The summed E-state index contributed by atoms with van der Waals surface area (Å²) in [5, 5.41) is 11.9. The van der Waals surface area contributed by atoms with E-state index in [0.717, 1.165) is 12.8 Å². The zero-order valence-corrected chi connectivity index (χ0v) is 14.0. The molecular formula is C15H25N3O2S. The van der Waals surface area contributed by atoms with Crippen LogP contribution in [-0.4, -0.2) is 38.6 Å². The highest BCUT2D eigenvalue weighted by Crippen LogP contribution is 2.67. The van der Waals surface area contributed by atoms with Gasteiger partial charge < -0.3 is 5.11 Å². The number of amides is 1. The van der Waals surface area contributed by atoms with Crippen LogP contribution in [0.3, 0.4) is 0 Å². The molecule has 0 radical (unpaired) electrons. The molecule has 5 atom stereocenters. The first-order chi connectivity index (χ1) is 9.74. The molecule has 0 aromatic carbocycles. The van der Waals surface area contributed by atoms with Crippen LogP contribution in [0.2, 0.25) is 0 Å². The molecule has 1 amide bonds. The van der Waals surface area contributed by atoms with Gasteiger partial charge >= 0.3 is 0 Å². The molecular weight excluding hydrogens is 286 g/mol. The van der Waals surface area contributed by atoms with Gasteiger partial charge in [-0.1, -0.05) is 32.5 Å². The molecule has 3 aliphatic rings. The molecule has 4 unspecified atom stereocenters. The number of hydrogen-bond acceptors (Lipinski definition) is 5. The second-order valence-corrected chi connectivity index (χ2v) is 8.89. The van der Waals surface area contributed by atoms with Crippen molar-refractivity contribution in [3.05, 3.63) is 0 Å². The Balaban J connectivity index is 1.75. The number of hydrogen-bond donors (Lipinski definition) is 2. The van der Waals surface area contributed by atoms with Crippen LogP contribution in [0.25, 0.3) is 0 Å². The molecule has 0 aromatic heterocycles. The molecule has 3 rings (SSSR count). The predicted octanol–water partition coefficient (Wildman–Crippen LogP) is 1.61. The number of nitrogens with zero attached hydrogens (tertiary/aromatic N) is 2. The Morgan fingerprint density at radius 3 is 2.67 bits per heavy atom. The fourth-order valence-electron chi connectivity index (χ4n) is 3.85. The molecule has 2 saturated carbocycles. The van der Waals surface area contributed by atoms with Crippen LogP contribution in [0.15, 0.2) is 4.99 Å². The Hall–Kier alpha value is -0.590. The summed E-state index contributed by atoms with van der Waals surface area (Å²) in [5.41, 5.74) is 0.228. The van der Waals surface area contributed by atoms with Crippen molar-refractivity contribution in [3.8, 4) is 0 Å². The highest BCUT2D eigenvalue weighted by atomic mass is 32.2. The number of hydrazine groups is 1.